The second-order valence-corrected chi connectivity index (χ2v) is 8.25. The molecule has 0 spiro atoms. The molecule has 8 heteroatoms. The topological polar surface area (TPSA) is 78.5 Å². The molecule has 0 bridgehead atoms. The molecule has 2 saturated heterocycles. The number of amides is 1. The summed E-state index contributed by atoms with van der Waals surface area (Å²) in [6, 6.07) is 9.33. The molecule has 0 unspecified atom stereocenters. The highest BCUT2D eigenvalue weighted by molar-refractivity contribution is 7.88. The summed E-state index contributed by atoms with van der Waals surface area (Å²) in [5.74, 6) is 0.211. The summed E-state index contributed by atoms with van der Waals surface area (Å²) < 4.78 is 26.5. The van der Waals surface area contributed by atoms with Crippen LogP contribution in [0.15, 0.2) is 30.3 Å². The number of hydrogen-bond acceptors (Lipinski definition) is 4. The minimum atomic E-state index is -3.29. The van der Waals surface area contributed by atoms with Crippen LogP contribution in [0.5, 0.6) is 0 Å². The second-order valence-electron chi connectivity index (χ2n) is 6.28. The fourth-order valence-electron chi connectivity index (χ4n) is 2.95. The lowest BCUT2D eigenvalue weighted by Crippen LogP contribution is -2.54. The van der Waals surface area contributed by atoms with Gasteiger partial charge < -0.3 is 10.6 Å². The number of halogens is 1. The summed E-state index contributed by atoms with van der Waals surface area (Å²) in [6.07, 6.45) is 1.36. The quantitative estimate of drug-likeness (QED) is 0.797. The van der Waals surface area contributed by atoms with E-state index < -0.39 is 10.0 Å². The summed E-state index contributed by atoms with van der Waals surface area (Å²) in [5.41, 5.74) is 0.806. The van der Waals surface area contributed by atoms with Crippen LogP contribution in [0, 0.1) is 5.92 Å². The van der Waals surface area contributed by atoms with Gasteiger partial charge in [-0.25, -0.2) is 12.7 Å². The normalized spacial score (nSPS) is 20.0. The number of rotatable bonds is 5. The van der Waals surface area contributed by atoms with Crippen molar-refractivity contribution in [3.8, 4) is 0 Å². The van der Waals surface area contributed by atoms with Gasteiger partial charge in [0, 0.05) is 32.2 Å². The zero-order valence-corrected chi connectivity index (χ0v) is 15.1. The molecule has 0 aromatic heterocycles. The van der Waals surface area contributed by atoms with Gasteiger partial charge in [-0.3, -0.25) is 4.79 Å². The molecule has 3 rings (SSSR count). The van der Waals surface area contributed by atoms with E-state index in [2.05, 4.69) is 10.6 Å². The Morgan fingerprint density at radius 3 is 2.33 bits per heavy atom. The first-order chi connectivity index (χ1) is 11.0. The molecule has 2 heterocycles. The average Bonchev–Trinajstić information content (AvgIpc) is 2.46. The van der Waals surface area contributed by atoms with Crippen molar-refractivity contribution in [2.24, 2.45) is 5.92 Å². The smallest absolute Gasteiger partial charge is 0.225 e. The van der Waals surface area contributed by atoms with Crippen LogP contribution in [0.3, 0.4) is 0 Å². The Balaban J connectivity index is 0.00000208. The van der Waals surface area contributed by atoms with Gasteiger partial charge in [-0.2, -0.15) is 0 Å². The van der Waals surface area contributed by atoms with Crippen LogP contribution < -0.4 is 10.6 Å². The van der Waals surface area contributed by atoms with Gasteiger partial charge in [0.25, 0.3) is 0 Å². The van der Waals surface area contributed by atoms with Crippen LogP contribution in [0.25, 0.3) is 0 Å². The minimum Gasteiger partial charge on any atom is -0.353 e. The maximum atomic E-state index is 12.5. The van der Waals surface area contributed by atoms with E-state index in [0.717, 1.165) is 18.7 Å². The number of sulfonamides is 1. The lowest BCUT2D eigenvalue weighted by Gasteiger charge is -2.34. The van der Waals surface area contributed by atoms with Gasteiger partial charge in [-0.05, 0) is 18.4 Å². The van der Waals surface area contributed by atoms with Gasteiger partial charge in [-0.1, -0.05) is 30.3 Å². The number of nitrogens with zero attached hydrogens (tertiary/aromatic N) is 1. The summed E-state index contributed by atoms with van der Waals surface area (Å²) in [4.78, 5) is 11.9. The van der Waals surface area contributed by atoms with Crippen molar-refractivity contribution in [2.75, 3.05) is 26.2 Å². The molecule has 1 amide bonds. The SMILES string of the molecule is Cl.O=C(NC1CCN(S(=O)(=O)Cc2ccccc2)CC1)C1CNC1. The molecule has 6 nitrogen and oxygen atoms in total. The Bertz CT molecular complexity index is 642. The van der Waals surface area contributed by atoms with E-state index in [-0.39, 0.29) is 36.0 Å². The zero-order valence-electron chi connectivity index (χ0n) is 13.5. The number of piperidine rings is 1. The van der Waals surface area contributed by atoms with Gasteiger partial charge in [0.05, 0.1) is 11.7 Å². The molecule has 0 radical (unpaired) electrons. The second kappa shape index (κ2) is 8.29. The van der Waals surface area contributed by atoms with E-state index >= 15 is 0 Å². The molecule has 1 aromatic carbocycles. The number of nitrogens with one attached hydrogen (secondary N) is 2. The van der Waals surface area contributed by atoms with Crippen LogP contribution in [0.2, 0.25) is 0 Å². The Labute approximate surface area is 149 Å². The number of hydrogen-bond donors (Lipinski definition) is 2. The van der Waals surface area contributed by atoms with Gasteiger partial charge >= 0.3 is 0 Å². The van der Waals surface area contributed by atoms with Crippen molar-refractivity contribution in [3.63, 3.8) is 0 Å². The van der Waals surface area contributed by atoms with Gasteiger partial charge in [0.15, 0.2) is 0 Å². The monoisotopic (exact) mass is 373 g/mol. The largest absolute Gasteiger partial charge is 0.353 e. The van der Waals surface area contributed by atoms with Crippen molar-refractivity contribution >= 4 is 28.3 Å². The summed E-state index contributed by atoms with van der Waals surface area (Å²) in [7, 11) is -3.29. The molecule has 0 aliphatic carbocycles. The van der Waals surface area contributed by atoms with Crippen LogP contribution in [0.4, 0.5) is 0 Å². The first-order valence-corrected chi connectivity index (χ1v) is 9.68. The third kappa shape index (κ3) is 4.69. The maximum Gasteiger partial charge on any atom is 0.225 e. The van der Waals surface area contributed by atoms with E-state index in [1.165, 1.54) is 0 Å². The summed E-state index contributed by atoms with van der Waals surface area (Å²) in [6.45, 7) is 2.44. The first kappa shape index (κ1) is 19.2. The van der Waals surface area contributed by atoms with E-state index in [0.29, 0.717) is 25.9 Å². The summed E-state index contributed by atoms with van der Waals surface area (Å²) in [5, 5.41) is 6.12. The summed E-state index contributed by atoms with van der Waals surface area (Å²) >= 11 is 0. The highest BCUT2D eigenvalue weighted by atomic mass is 35.5. The molecule has 0 atom stereocenters. The van der Waals surface area contributed by atoms with E-state index in [1.807, 2.05) is 30.3 Å². The molecular weight excluding hydrogens is 350 g/mol. The Kier molecular flexibility index (Phi) is 6.62. The van der Waals surface area contributed by atoms with Crippen molar-refractivity contribution in [2.45, 2.75) is 24.6 Å². The Hall–Kier alpha value is -1.15. The maximum absolute atomic E-state index is 12.5. The Morgan fingerprint density at radius 1 is 1.17 bits per heavy atom. The van der Waals surface area contributed by atoms with Crippen LogP contribution in [0.1, 0.15) is 18.4 Å². The Morgan fingerprint density at radius 2 is 1.79 bits per heavy atom. The highest BCUT2D eigenvalue weighted by Crippen LogP contribution is 2.18. The van der Waals surface area contributed by atoms with Gasteiger partial charge in [0.2, 0.25) is 15.9 Å². The standard InChI is InChI=1S/C16H23N3O3S.ClH/c20-16(14-10-17-11-14)18-15-6-8-19(9-7-15)23(21,22)12-13-4-2-1-3-5-13;/h1-5,14-15,17H,6-12H2,(H,18,20);1H. The zero-order chi connectivity index (χ0) is 16.3. The van der Waals surface area contributed by atoms with Crippen molar-refractivity contribution in [1.29, 1.82) is 0 Å². The molecule has 0 saturated carbocycles. The molecule has 2 N–H and O–H groups in total. The fraction of sp³-hybridized carbons (Fsp3) is 0.562. The minimum absolute atomic E-state index is 0. The molecule has 2 aliphatic heterocycles. The number of benzene rings is 1. The number of carbonyl (C=O) groups is 1. The predicted molar refractivity (Wildman–Crippen MR) is 95.4 cm³/mol. The van der Waals surface area contributed by atoms with Crippen molar-refractivity contribution < 1.29 is 13.2 Å². The van der Waals surface area contributed by atoms with Gasteiger partial charge in [-0.15, -0.1) is 12.4 Å². The highest BCUT2D eigenvalue weighted by Gasteiger charge is 2.31. The van der Waals surface area contributed by atoms with E-state index in [4.69, 9.17) is 0 Å². The first-order valence-electron chi connectivity index (χ1n) is 8.07. The third-order valence-electron chi connectivity index (χ3n) is 4.54. The third-order valence-corrected chi connectivity index (χ3v) is 6.39. The van der Waals surface area contributed by atoms with Crippen LogP contribution in [-0.4, -0.2) is 50.9 Å². The van der Waals surface area contributed by atoms with E-state index in [1.54, 1.807) is 4.31 Å². The molecule has 2 aliphatic rings. The molecule has 24 heavy (non-hydrogen) atoms. The molecule has 134 valence electrons. The molecular formula is C16H24ClN3O3S. The van der Waals surface area contributed by atoms with Crippen molar-refractivity contribution in [1.82, 2.24) is 14.9 Å². The molecule has 1 aromatic rings. The van der Waals surface area contributed by atoms with Gasteiger partial charge in [0.1, 0.15) is 0 Å². The lowest BCUT2D eigenvalue weighted by atomic mass is 10.0. The van der Waals surface area contributed by atoms with E-state index in [9.17, 15) is 13.2 Å². The van der Waals surface area contributed by atoms with Crippen LogP contribution >= 0.6 is 12.4 Å². The predicted octanol–water partition coefficient (Wildman–Crippen LogP) is 0.738. The molecule has 2 fully saturated rings. The van der Waals surface area contributed by atoms with Crippen LogP contribution in [-0.2, 0) is 20.6 Å². The number of carbonyl (C=O) groups excluding carboxylic acids is 1. The van der Waals surface area contributed by atoms with Crippen molar-refractivity contribution in [3.05, 3.63) is 35.9 Å². The fourth-order valence-corrected chi connectivity index (χ4v) is 4.51. The lowest BCUT2D eigenvalue weighted by molar-refractivity contribution is -0.127. The average molecular weight is 374 g/mol.